The number of carbonyl (C=O) groups is 3. The van der Waals surface area contributed by atoms with Crippen LogP contribution in [-0.2, 0) is 14.3 Å². The van der Waals surface area contributed by atoms with Crippen LogP contribution in [0.3, 0.4) is 0 Å². The van der Waals surface area contributed by atoms with Gasteiger partial charge >= 0.3 is 17.9 Å². The summed E-state index contributed by atoms with van der Waals surface area (Å²) in [5, 5.41) is 9.12. The molecule has 1 aromatic rings. The Balaban J connectivity index is 1.36. The van der Waals surface area contributed by atoms with Crippen molar-refractivity contribution in [2.75, 3.05) is 17.2 Å². The van der Waals surface area contributed by atoms with Gasteiger partial charge in [-0.2, -0.15) is 0 Å². The second-order valence-electron chi connectivity index (χ2n) is 12.1. The van der Waals surface area contributed by atoms with Crippen LogP contribution in [0.1, 0.15) is 71.8 Å². The number of rotatable bonds is 4. The second kappa shape index (κ2) is 10.2. The first kappa shape index (κ1) is 26.7. The van der Waals surface area contributed by atoms with E-state index >= 15 is 0 Å². The lowest BCUT2D eigenvalue weighted by molar-refractivity contribution is -0.152. The predicted octanol–water partition coefficient (Wildman–Crippen LogP) is 5.17. The molecule has 2 atom stereocenters. The van der Waals surface area contributed by atoms with Crippen molar-refractivity contribution in [3.8, 4) is 0 Å². The number of piperidine rings is 1. The van der Waals surface area contributed by atoms with Crippen LogP contribution in [0.5, 0.6) is 0 Å². The number of pyridine rings is 1. The summed E-state index contributed by atoms with van der Waals surface area (Å²) >= 11 is 0. The lowest BCUT2D eigenvalue weighted by Crippen LogP contribution is -2.59. The first-order chi connectivity index (χ1) is 17.4. The van der Waals surface area contributed by atoms with Crippen LogP contribution >= 0.6 is 0 Å². The topological polar surface area (TPSA) is 149 Å². The number of hydrogen-bond acceptors (Lipinski definition) is 6. The van der Waals surface area contributed by atoms with E-state index in [0.717, 1.165) is 38.5 Å². The molecule has 3 amide bonds. The molecule has 1 aromatic heterocycles. The Kier molecular flexibility index (Phi) is 7.37. The predicted molar refractivity (Wildman–Crippen MR) is 139 cm³/mol. The molecule has 4 rings (SSSR count). The van der Waals surface area contributed by atoms with Gasteiger partial charge in [0.05, 0.1) is 11.9 Å². The van der Waals surface area contributed by atoms with Gasteiger partial charge in [0, 0.05) is 23.5 Å². The van der Waals surface area contributed by atoms with E-state index in [1.54, 1.807) is 38.7 Å². The third kappa shape index (κ3) is 6.15. The standard InChI is InChI=1S/C26H37N7O4/c1-15-6-7-20(17-9-26(10-17)11-19(12-26)31-32-27)33(14-15)23(35)22(34)29-18-8-16(2)21(28-13-18)30-24(36)37-25(3,4)5/h8,13,15,17,19-20H,6-7,9-12,14H2,1-5H3,(H,29,34)(H,28,30,36)/t15-,17?,19?,20+,26?/m1/s1. The van der Waals surface area contributed by atoms with Crippen molar-refractivity contribution >= 4 is 29.4 Å². The summed E-state index contributed by atoms with van der Waals surface area (Å²) in [4.78, 5) is 47.2. The summed E-state index contributed by atoms with van der Waals surface area (Å²) < 4.78 is 5.25. The molecular formula is C26H37N7O4. The molecule has 1 aliphatic heterocycles. The third-order valence-electron chi connectivity index (χ3n) is 7.76. The van der Waals surface area contributed by atoms with Gasteiger partial charge in [0.15, 0.2) is 0 Å². The largest absolute Gasteiger partial charge is 0.444 e. The number of hydrogen-bond donors (Lipinski definition) is 2. The normalized spacial score (nSPS) is 28.8. The lowest BCUT2D eigenvalue weighted by Gasteiger charge is -2.60. The molecule has 11 nitrogen and oxygen atoms in total. The maximum absolute atomic E-state index is 13.3. The Hall–Kier alpha value is -3.33. The fourth-order valence-corrected chi connectivity index (χ4v) is 6.14. The Morgan fingerprint density at radius 2 is 1.89 bits per heavy atom. The van der Waals surface area contributed by atoms with Crippen LogP contribution in [-0.4, -0.2) is 52.0 Å². The van der Waals surface area contributed by atoms with Gasteiger partial charge in [-0.3, -0.25) is 14.9 Å². The fraction of sp³-hybridized carbons (Fsp3) is 0.692. The number of aryl methyl sites for hydroxylation is 1. The van der Waals surface area contributed by atoms with Crippen molar-refractivity contribution in [3.63, 3.8) is 0 Å². The van der Waals surface area contributed by atoms with Gasteiger partial charge in [-0.15, -0.1) is 0 Å². The van der Waals surface area contributed by atoms with E-state index < -0.39 is 23.5 Å². The minimum absolute atomic E-state index is 0.0545. The van der Waals surface area contributed by atoms with Crippen molar-refractivity contribution in [2.24, 2.45) is 22.4 Å². The van der Waals surface area contributed by atoms with E-state index in [1.165, 1.54) is 6.20 Å². The van der Waals surface area contributed by atoms with Crippen LogP contribution in [0.4, 0.5) is 16.3 Å². The molecular weight excluding hydrogens is 474 g/mol. The van der Waals surface area contributed by atoms with Crippen molar-refractivity contribution in [1.29, 1.82) is 0 Å². The smallest absolute Gasteiger partial charge is 0.413 e. The number of anilines is 2. The maximum atomic E-state index is 13.3. The monoisotopic (exact) mass is 511 g/mol. The average Bonchev–Trinajstić information content (AvgIpc) is 2.75. The number of amides is 3. The quantitative estimate of drug-likeness (QED) is 0.247. The van der Waals surface area contributed by atoms with E-state index in [1.807, 2.05) is 0 Å². The van der Waals surface area contributed by atoms with Crippen molar-refractivity contribution in [3.05, 3.63) is 28.3 Å². The zero-order valence-electron chi connectivity index (χ0n) is 22.3. The minimum Gasteiger partial charge on any atom is -0.444 e. The molecule has 2 heterocycles. The number of nitrogens with one attached hydrogen (secondary N) is 2. The summed E-state index contributed by atoms with van der Waals surface area (Å²) in [6.45, 7) is 9.74. The van der Waals surface area contributed by atoms with Gasteiger partial charge in [0.1, 0.15) is 11.4 Å². The molecule has 0 radical (unpaired) electrons. The molecule has 0 bridgehead atoms. The third-order valence-corrected chi connectivity index (χ3v) is 7.76. The number of nitrogens with zero attached hydrogens (tertiary/aromatic N) is 5. The van der Waals surface area contributed by atoms with Crippen molar-refractivity contribution in [2.45, 2.75) is 90.8 Å². The van der Waals surface area contributed by atoms with Gasteiger partial charge in [-0.05, 0) is 101 Å². The van der Waals surface area contributed by atoms with Gasteiger partial charge in [0.2, 0.25) is 0 Å². The molecule has 2 saturated carbocycles. The molecule has 1 spiro atoms. The molecule has 2 aliphatic carbocycles. The summed E-state index contributed by atoms with van der Waals surface area (Å²) in [6, 6.07) is 1.82. The summed E-state index contributed by atoms with van der Waals surface area (Å²) in [6.07, 6.45) is 6.62. The van der Waals surface area contributed by atoms with E-state index in [0.29, 0.717) is 35.4 Å². The van der Waals surface area contributed by atoms with Crippen LogP contribution in [0.25, 0.3) is 10.4 Å². The van der Waals surface area contributed by atoms with E-state index in [-0.39, 0.29) is 17.5 Å². The maximum Gasteiger partial charge on any atom is 0.413 e. The molecule has 200 valence electrons. The number of aromatic nitrogens is 1. The highest BCUT2D eigenvalue weighted by Crippen LogP contribution is 2.61. The van der Waals surface area contributed by atoms with E-state index in [4.69, 9.17) is 10.3 Å². The Morgan fingerprint density at radius 3 is 2.51 bits per heavy atom. The van der Waals surface area contributed by atoms with Crippen LogP contribution in [0.2, 0.25) is 0 Å². The Bertz CT molecular complexity index is 1110. The minimum atomic E-state index is -0.686. The van der Waals surface area contributed by atoms with Crippen molar-refractivity contribution in [1.82, 2.24) is 9.88 Å². The summed E-state index contributed by atoms with van der Waals surface area (Å²) in [7, 11) is 0. The number of likely N-dealkylation sites (tertiary alicyclic amines) is 1. The Morgan fingerprint density at radius 1 is 1.19 bits per heavy atom. The molecule has 0 aromatic carbocycles. The zero-order valence-corrected chi connectivity index (χ0v) is 22.3. The summed E-state index contributed by atoms with van der Waals surface area (Å²) in [5.41, 5.74) is 9.27. The first-order valence-corrected chi connectivity index (χ1v) is 13.0. The van der Waals surface area contributed by atoms with Gasteiger partial charge in [-0.1, -0.05) is 12.0 Å². The van der Waals surface area contributed by atoms with Crippen LogP contribution < -0.4 is 10.6 Å². The number of ether oxygens (including phenoxy) is 1. The number of azide groups is 1. The molecule has 37 heavy (non-hydrogen) atoms. The fourth-order valence-electron chi connectivity index (χ4n) is 6.14. The van der Waals surface area contributed by atoms with Gasteiger partial charge < -0.3 is 15.0 Å². The van der Waals surface area contributed by atoms with E-state index in [2.05, 4.69) is 32.6 Å². The zero-order chi connectivity index (χ0) is 27.0. The molecule has 2 N–H and O–H groups in total. The molecule has 3 aliphatic rings. The first-order valence-electron chi connectivity index (χ1n) is 13.0. The lowest BCUT2D eigenvalue weighted by atomic mass is 9.48. The molecule has 11 heteroatoms. The number of carbonyl (C=O) groups excluding carboxylic acids is 3. The average molecular weight is 512 g/mol. The highest BCUT2D eigenvalue weighted by Gasteiger charge is 2.55. The Labute approximate surface area is 217 Å². The highest BCUT2D eigenvalue weighted by molar-refractivity contribution is 6.39. The molecule has 3 fully saturated rings. The van der Waals surface area contributed by atoms with Crippen LogP contribution in [0, 0.1) is 24.2 Å². The summed E-state index contributed by atoms with van der Waals surface area (Å²) in [5.74, 6) is -0.178. The van der Waals surface area contributed by atoms with Crippen molar-refractivity contribution < 1.29 is 19.1 Å². The second-order valence-corrected chi connectivity index (χ2v) is 12.1. The van der Waals surface area contributed by atoms with Gasteiger partial charge in [0.25, 0.3) is 0 Å². The van der Waals surface area contributed by atoms with Crippen LogP contribution in [0.15, 0.2) is 17.4 Å². The molecule has 0 unspecified atom stereocenters. The highest BCUT2D eigenvalue weighted by atomic mass is 16.6. The van der Waals surface area contributed by atoms with E-state index in [9.17, 15) is 14.4 Å². The SMILES string of the molecule is Cc1cc(NC(=O)C(=O)N2C[C@H](C)CC[C@H]2C2CC3(CC(N=[N+]=[N-])C3)C2)cnc1NC(=O)OC(C)(C)C. The molecule has 1 saturated heterocycles. The van der Waals surface area contributed by atoms with Gasteiger partial charge in [-0.25, -0.2) is 9.78 Å².